The number of hydrogen-bond acceptors (Lipinski definition) is 3. The van der Waals surface area contributed by atoms with Gasteiger partial charge in [0.05, 0.1) is 5.69 Å². The normalized spacial score (nSPS) is 11.7. The van der Waals surface area contributed by atoms with E-state index in [2.05, 4.69) is 157 Å². The average Bonchev–Trinajstić information content (AvgIpc) is 3.74. The first-order chi connectivity index (χ1) is 24.3. The van der Waals surface area contributed by atoms with Crippen LogP contribution in [0.2, 0.25) is 0 Å². The minimum absolute atomic E-state index is 0.864. The molecule has 0 saturated heterocycles. The minimum Gasteiger partial charge on any atom is -0.456 e. The van der Waals surface area contributed by atoms with Gasteiger partial charge >= 0.3 is 0 Å². The number of hydrogen-bond donors (Lipinski definition) is 0. The van der Waals surface area contributed by atoms with Crippen molar-refractivity contribution in [3.8, 4) is 22.3 Å². The zero-order chi connectivity index (χ0) is 32.3. The van der Waals surface area contributed by atoms with E-state index in [9.17, 15) is 0 Å². The van der Waals surface area contributed by atoms with Crippen molar-refractivity contribution in [2.24, 2.45) is 0 Å². The van der Waals surface area contributed by atoms with E-state index in [-0.39, 0.29) is 0 Å². The highest BCUT2D eigenvalue weighted by molar-refractivity contribution is 6.22. The average molecular weight is 628 g/mol. The maximum atomic E-state index is 6.53. The number of furan rings is 2. The first-order valence-electron chi connectivity index (χ1n) is 16.6. The fourth-order valence-corrected chi connectivity index (χ4v) is 7.43. The first-order valence-corrected chi connectivity index (χ1v) is 16.6. The molecule has 0 aliphatic heterocycles. The van der Waals surface area contributed by atoms with Crippen LogP contribution < -0.4 is 4.90 Å². The molecule has 0 aliphatic rings. The zero-order valence-corrected chi connectivity index (χ0v) is 26.5. The summed E-state index contributed by atoms with van der Waals surface area (Å²) in [4.78, 5) is 2.35. The number of nitrogens with zero attached hydrogens (tertiary/aromatic N) is 1. The molecule has 0 unspecified atom stereocenters. The summed E-state index contributed by atoms with van der Waals surface area (Å²) in [5.41, 5.74) is 11.4. The molecule has 10 rings (SSSR count). The molecule has 2 heterocycles. The number of benzene rings is 8. The number of fused-ring (bicyclic) bond motifs is 8. The Kier molecular flexibility index (Phi) is 6.18. The molecule has 8 aromatic carbocycles. The van der Waals surface area contributed by atoms with Crippen molar-refractivity contribution in [3.05, 3.63) is 176 Å². The molecule has 0 fully saturated rings. The van der Waals surface area contributed by atoms with E-state index < -0.39 is 0 Å². The summed E-state index contributed by atoms with van der Waals surface area (Å²) in [6.45, 7) is 0. The van der Waals surface area contributed by atoms with E-state index in [0.717, 1.165) is 77.3 Å². The molecule has 3 heteroatoms. The van der Waals surface area contributed by atoms with E-state index in [1.165, 1.54) is 16.7 Å². The van der Waals surface area contributed by atoms with Crippen molar-refractivity contribution >= 4 is 71.7 Å². The van der Waals surface area contributed by atoms with Crippen LogP contribution in [0.4, 0.5) is 17.1 Å². The van der Waals surface area contributed by atoms with E-state index >= 15 is 0 Å². The quantitative estimate of drug-likeness (QED) is 0.190. The third-order valence-corrected chi connectivity index (χ3v) is 9.67. The molecule has 2 aromatic heterocycles. The van der Waals surface area contributed by atoms with Crippen LogP contribution in [-0.2, 0) is 0 Å². The lowest BCUT2D eigenvalue weighted by molar-refractivity contribution is 0.668. The predicted molar refractivity (Wildman–Crippen MR) is 204 cm³/mol. The lowest BCUT2D eigenvalue weighted by Gasteiger charge is -2.27. The van der Waals surface area contributed by atoms with Gasteiger partial charge in [-0.15, -0.1) is 0 Å². The van der Waals surface area contributed by atoms with E-state index in [0.29, 0.717) is 0 Å². The molecule has 10 aromatic rings. The molecule has 0 N–H and O–H groups in total. The second-order valence-electron chi connectivity index (χ2n) is 12.5. The SMILES string of the molecule is c1ccc(-c2ccccc2-c2ccc(N(c3ccc4oc5ccccc5c4c3)c3cc4oc5ccccc5c4c4ccccc34)cc2)cc1. The summed E-state index contributed by atoms with van der Waals surface area (Å²) < 4.78 is 12.8. The largest absolute Gasteiger partial charge is 0.456 e. The standard InChI is InChI=1S/C46H29NO2/c1-2-12-30(13-3-1)34-14-4-5-15-35(34)31-22-24-32(25-23-31)47(33-26-27-44-40(28-33)37-17-8-10-20-42(37)48-44)41-29-45-46(38-18-7-6-16-36(38)41)39-19-9-11-21-43(39)49-45/h1-29H. The molecule has 0 saturated carbocycles. The van der Waals surface area contributed by atoms with Gasteiger partial charge in [0.2, 0.25) is 0 Å². The Morgan fingerprint density at radius 1 is 0.327 bits per heavy atom. The van der Waals surface area contributed by atoms with Gasteiger partial charge in [0, 0.05) is 44.4 Å². The Bertz CT molecular complexity index is 2830. The van der Waals surface area contributed by atoms with Crippen LogP contribution in [-0.4, -0.2) is 0 Å². The molecular formula is C46H29NO2. The van der Waals surface area contributed by atoms with Gasteiger partial charge in [-0.3, -0.25) is 0 Å². The van der Waals surface area contributed by atoms with Gasteiger partial charge in [0.15, 0.2) is 0 Å². The predicted octanol–water partition coefficient (Wildman–Crippen LogP) is 13.4. The Morgan fingerprint density at radius 2 is 0.857 bits per heavy atom. The highest BCUT2D eigenvalue weighted by atomic mass is 16.3. The summed E-state index contributed by atoms with van der Waals surface area (Å²) in [5.74, 6) is 0. The highest BCUT2D eigenvalue weighted by Crippen LogP contribution is 2.46. The third-order valence-electron chi connectivity index (χ3n) is 9.67. The van der Waals surface area contributed by atoms with Gasteiger partial charge in [-0.1, -0.05) is 127 Å². The van der Waals surface area contributed by atoms with E-state index in [1.807, 2.05) is 24.3 Å². The van der Waals surface area contributed by atoms with Crippen molar-refractivity contribution in [3.63, 3.8) is 0 Å². The Morgan fingerprint density at radius 3 is 1.61 bits per heavy atom. The van der Waals surface area contributed by atoms with Crippen molar-refractivity contribution in [1.82, 2.24) is 0 Å². The zero-order valence-electron chi connectivity index (χ0n) is 26.5. The number of rotatable bonds is 5. The minimum atomic E-state index is 0.864. The van der Waals surface area contributed by atoms with Crippen LogP contribution in [0.15, 0.2) is 185 Å². The fraction of sp³-hybridized carbons (Fsp3) is 0. The molecule has 0 aliphatic carbocycles. The Hall–Kier alpha value is -6.58. The van der Waals surface area contributed by atoms with Crippen molar-refractivity contribution in [2.75, 3.05) is 4.90 Å². The van der Waals surface area contributed by atoms with Crippen LogP contribution in [0.5, 0.6) is 0 Å². The van der Waals surface area contributed by atoms with Gasteiger partial charge < -0.3 is 13.7 Å². The van der Waals surface area contributed by atoms with Crippen LogP contribution in [0.3, 0.4) is 0 Å². The Labute approximate surface area is 282 Å². The topological polar surface area (TPSA) is 29.5 Å². The summed E-state index contributed by atoms with van der Waals surface area (Å²) in [6, 6.07) is 62.0. The lowest BCUT2D eigenvalue weighted by atomic mass is 9.94. The van der Waals surface area contributed by atoms with Gasteiger partial charge in [0.1, 0.15) is 22.3 Å². The van der Waals surface area contributed by atoms with Crippen LogP contribution in [0.1, 0.15) is 0 Å². The lowest BCUT2D eigenvalue weighted by Crippen LogP contribution is -2.10. The molecule has 3 nitrogen and oxygen atoms in total. The third kappa shape index (κ3) is 4.44. The van der Waals surface area contributed by atoms with Gasteiger partial charge in [-0.25, -0.2) is 0 Å². The van der Waals surface area contributed by atoms with E-state index in [4.69, 9.17) is 8.83 Å². The van der Waals surface area contributed by atoms with E-state index in [1.54, 1.807) is 0 Å². The summed E-state index contributed by atoms with van der Waals surface area (Å²) in [7, 11) is 0. The van der Waals surface area contributed by atoms with Gasteiger partial charge in [-0.2, -0.15) is 0 Å². The fourth-order valence-electron chi connectivity index (χ4n) is 7.43. The summed E-state index contributed by atoms with van der Waals surface area (Å²) >= 11 is 0. The monoisotopic (exact) mass is 627 g/mol. The van der Waals surface area contributed by atoms with Crippen LogP contribution in [0.25, 0.3) is 76.9 Å². The molecule has 49 heavy (non-hydrogen) atoms. The highest BCUT2D eigenvalue weighted by Gasteiger charge is 2.21. The van der Waals surface area contributed by atoms with Gasteiger partial charge in [-0.05, 0) is 70.1 Å². The number of para-hydroxylation sites is 2. The smallest absolute Gasteiger partial charge is 0.138 e. The first kappa shape index (κ1) is 27.5. The molecule has 0 atom stereocenters. The molecule has 0 bridgehead atoms. The van der Waals surface area contributed by atoms with Crippen LogP contribution >= 0.6 is 0 Å². The summed E-state index contributed by atoms with van der Waals surface area (Å²) in [6.07, 6.45) is 0. The molecule has 0 radical (unpaired) electrons. The second-order valence-corrected chi connectivity index (χ2v) is 12.5. The van der Waals surface area contributed by atoms with Crippen LogP contribution in [0, 0.1) is 0 Å². The number of anilines is 3. The second kappa shape index (κ2) is 11.0. The molecular weight excluding hydrogens is 599 g/mol. The Balaban J connectivity index is 1.21. The van der Waals surface area contributed by atoms with Gasteiger partial charge in [0.25, 0.3) is 0 Å². The van der Waals surface area contributed by atoms with Crippen molar-refractivity contribution in [2.45, 2.75) is 0 Å². The maximum absolute atomic E-state index is 6.53. The molecule has 0 spiro atoms. The van der Waals surface area contributed by atoms with Crippen molar-refractivity contribution in [1.29, 1.82) is 0 Å². The molecule has 0 amide bonds. The maximum Gasteiger partial charge on any atom is 0.138 e. The molecule has 230 valence electrons. The van der Waals surface area contributed by atoms with Crippen molar-refractivity contribution < 1.29 is 8.83 Å². The summed E-state index contributed by atoms with van der Waals surface area (Å²) in [5, 5.41) is 6.76.